The average Bonchev–Trinajstić information content (AvgIpc) is 3.15. The van der Waals surface area contributed by atoms with Crippen LogP contribution in [0.5, 0.6) is 11.5 Å². The van der Waals surface area contributed by atoms with Crippen LogP contribution in [0.3, 0.4) is 0 Å². The number of carbonyl (C=O) groups is 1. The summed E-state index contributed by atoms with van der Waals surface area (Å²) < 4.78 is 23.9. The van der Waals surface area contributed by atoms with Crippen LogP contribution in [0.1, 0.15) is 12.0 Å². The molecule has 1 amide bonds. The minimum atomic E-state index is -0.371. The first-order chi connectivity index (χ1) is 13.1. The van der Waals surface area contributed by atoms with Gasteiger partial charge in [-0.3, -0.25) is 4.79 Å². The van der Waals surface area contributed by atoms with Crippen molar-refractivity contribution >= 4 is 22.4 Å². The maximum absolute atomic E-state index is 13.5. The van der Waals surface area contributed by atoms with Gasteiger partial charge in [0.25, 0.3) is 0 Å². The van der Waals surface area contributed by atoms with E-state index in [-0.39, 0.29) is 11.7 Å². The number of methoxy groups -OCH3 is 2. The Labute approximate surface area is 160 Å². The Morgan fingerprint density at radius 1 is 1.15 bits per heavy atom. The quantitative estimate of drug-likeness (QED) is 0.648. The number of aryl methyl sites for hydroxylation is 1. The molecule has 1 N–H and O–H groups in total. The number of aromatic nitrogens is 1. The van der Waals surface area contributed by atoms with Gasteiger partial charge in [-0.25, -0.2) is 9.37 Å². The summed E-state index contributed by atoms with van der Waals surface area (Å²) in [7, 11) is 3.13. The highest BCUT2D eigenvalue weighted by Gasteiger charge is 2.13. The normalized spacial score (nSPS) is 10.5. The number of nitrogens with zero attached hydrogens (tertiary/aromatic N) is 1. The van der Waals surface area contributed by atoms with E-state index in [9.17, 15) is 9.18 Å². The summed E-state index contributed by atoms with van der Waals surface area (Å²) in [5.74, 6) is 0.812. The molecule has 1 aromatic heterocycles. The molecule has 3 rings (SSSR count). The van der Waals surface area contributed by atoms with Crippen LogP contribution >= 0.6 is 11.3 Å². The number of halogens is 1. The molecule has 0 radical (unpaired) electrons. The van der Waals surface area contributed by atoms with Crippen molar-refractivity contribution in [1.82, 2.24) is 4.98 Å². The molecule has 0 saturated carbocycles. The Morgan fingerprint density at radius 3 is 2.63 bits per heavy atom. The van der Waals surface area contributed by atoms with Gasteiger partial charge in [0, 0.05) is 17.4 Å². The highest BCUT2D eigenvalue weighted by Crippen LogP contribution is 2.32. The highest BCUT2D eigenvalue weighted by molar-refractivity contribution is 7.14. The lowest BCUT2D eigenvalue weighted by atomic mass is 10.1. The van der Waals surface area contributed by atoms with E-state index in [1.54, 1.807) is 18.6 Å². The lowest BCUT2D eigenvalue weighted by molar-refractivity contribution is -0.116. The molecule has 0 unspecified atom stereocenters. The van der Waals surface area contributed by atoms with Crippen LogP contribution in [0, 0.1) is 5.82 Å². The molecule has 1 heterocycles. The topological polar surface area (TPSA) is 60.5 Å². The fourth-order valence-corrected chi connectivity index (χ4v) is 3.29. The molecule has 0 aliphatic heterocycles. The largest absolute Gasteiger partial charge is 0.497 e. The SMILES string of the molecule is COc1ccc(CCC(=O)Nc2nc(-c3cc(F)ccc3OC)cs2)cc1. The number of hydrogen-bond donors (Lipinski definition) is 1. The molecular weight excluding hydrogens is 367 g/mol. The van der Waals surface area contributed by atoms with Crippen LogP contribution in [0.4, 0.5) is 9.52 Å². The van der Waals surface area contributed by atoms with E-state index in [0.717, 1.165) is 11.3 Å². The van der Waals surface area contributed by atoms with Gasteiger partial charge in [0.1, 0.15) is 17.3 Å². The van der Waals surface area contributed by atoms with Crippen molar-refractivity contribution in [2.45, 2.75) is 12.8 Å². The second-order valence-electron chi connectivity index (χ2n) is 5.78. The van der Waals surface area contributed by atoms with Gasteiger partial charge < -0.3 is 14.8 Å². The molecule has 7 heteroatoms. The number of nitrogens with one attached hydrogen (secondary N) is 1. The average molecular weight is 386 g/mol. The Balaban J connectivity index is 1.61. The third-order valence-electron chi connectivity index (χ3n) is 3.99. The molecule has 0 atom stereocenters. The first-order valence-corrected chi connectivity index (χ1v) is 9.19. The van der Waals surface area contributed by atoms with Crippen molar-refractivity contribution in [1.29, 1.82) is 0 Å². The van der Waals surface area contributed by atoms with E-state index < -0.39 is 0 Å². The number of anilines is 1. The Kier molecular flexibility index (Phi) is 6.03. The summed E-state index contributed by atoms with van der Waals surface area (Å²) in [6.45, 7) is 0. The maximum atomic E-state index is 13.5. The van der Waals surface area contributed by atoms with Gasteiger partial charge in [0.05, 0.1) is 19.9 Å². The van der Waals surface area contributed by atoms with Gasteiger partial charge in [0.15, 0.2) is 5.13 Å². The fraction of sp³-hybridized carbons (Fsp3) is 0.200. The predicted molar refractivity (Wildman–Crippen MR) is 104 cm³/mol. The van der Waals surface area contributed by atoms with Crippen molar-refractivity contribution in [2.75, 3.05) is 19.5 Å². The van der Waals surface area contributed by atoms with Gasteiger partial charge in [-0.15, -0.1) is 11.3 Å². The minimum absolute atomic E-state index is 0.127. The molecule has 0 aliphatic rings. The molecule has 5 nitrogen and oxygen atoms in total. The van der Waals surface area contributed by atoms with E-state index in [4.69, 9.17) is 9.47 Å². The zero-order valence-electron chi connectivity index (χ0n) is 15.0. The zero-order chi connectivity index (χ0) is 19.2. The van der Waals surface area contributed by atoms with E-state index in [0.29, 0.717) is 35.0 Å². The van der Waals surface area contributed by atoms with Gasteiger partial charge in [-0.05, 0) is 42.3 Å². The monoisotopic (exact) mass is 386 g/mol. The lowest BCUT2D eigenvalue weighted by Gasteiger charge is -2.06. The smallest absolute Gasteiger partial charge is 0.226 e. The number of amides is 1. The van der Waals surface area contributed by atoms with Crippen LogP contribution in [0.2, 0.25) is 0 Å². The summed E-state index contributed by atoms with van der Waals surface area (Å²) in [5.41, 5.74) is 2.16. The number of benzene rings is 2. The Bertz CT molecular complexity index is 925. The number of rotatable bonds is 7. The Morgan fingerprint density at radius 2 is 1.93 bits per heavy atom. The van der Waals surface area contributed by atoms with E-state index in [1.807, 2.05) is 24.3 Å². The van der Waals surface area contributed by atoms with Crippen LogP contribution in [-0.2, 0) is 11.2 Å². The van der Waals surface area contributed by atoms with Crippen LogP contribution in [0.25, 0.3) is 11.3 Å². The van der Waals surface area contributed by atoms with E-state index in [2.05, 4.69) is 10.3 Å². The number of thiazole rings is 1. The lowest BCUT2D eigenvalue weighted by Crippen LogP contribution is -2.12. The van der Waals surface area contributed by atoms with E-state index >= 15 is 0 Å². The first kappa shape index (κ1) is 18.8. The fourth-order valence-electron chi connectivity index (χ4n) is 2.57. The molecule has 0 aliphatic carbocycles. The van der Waals surface area contributed by atoms with Gasteiger partial charge >= 0.3 is 0 Å². The summed E-state index contributed by atoms with van der Waals surface area (Å²) in [6, 6.07) is 11.9. The molecule has 0 saturated heterocycles. The van der Waals surface area contributed by atoms with Crippen molar-refractivity contribution in [3.63, 3.8) is 0 Å². The van der Waals surface area contributed by atoms with Gasteiger partial charge in [-0.2, -0.15) is 0 Å². The molecule has 3 aromatic rings. The van der Waals surface area contributed by atoms with E-state index in [1.165, 1.54) is 30.6 Å². The van der Waals surface area contributed by atoms with Crippen molar-refractivity contribution in [3.8, 4) is 22.8 Å². The first-order valence-electron chi connectivity index (χ1n) is 8.31. The maximum Gasteiger partial charge on any atom is 0.226 e. The second-order valence-corrected chi connectivity index (χ2v) is 6.64. The molecule has 27 heavy (non-hydrogen) atoms. The van der Waals surface area contributed by atoms with Crippen molar-refractivity contribution in [3.05, 3.63) is 59.2 Å². The number of ether oxygens (including phenoxy) is 2. The molecule has 0 spiro atoms. The zero-order valence-corrected chi connectivity index (χ0v) is 15.8. The van der Waals surface area contributed by atoms with Crippen LogP contribution in [-0.4, -0.2) is 25.1 Å². The van der Waals surface area contributed by atoms with Gasteiger partial charge in [0.2, 0.25) is 5.91 Å². The van der Waals surface area contributed by atoms with Crippen LogP contribution < -0.4 is 14.8 Å². The summed E-state index contributed by atoms with van der Waals surface area (Å²) in [5, 5.41) is 5.02. The van der Waals surface area contributed by atoms with Crippen LogP contribution in [0.15, 0.2) is 47.8 Å². The Hall–Kier alpha value is -2.93. The molecule has 0 bridgehead atoms. The standard InChI is InChI=1S/C20H19FN2O3S/c1-25-15-7-3-13(4-8-15)5-10-19(24)23-20-22-17(12-27-20)16-11-14(21)6-9-18(16)26-2/h3-4,6-9,11-12H,5,10H2,1-2H3,(H,22,23,24). The summed E-state index contributed by atoms with van der Waals surface area (Å²) >= 11 is 1.29. The number of carbonyl (C=O) groups excluding carboxylic acids is 1. The second kappa shape index (κ2) is 8.64. The van der Waals surface area contributed by atoms with Crippen molar-refractivity contribution in [2.24, 2.45) is 0 Å². The minimum Gasteiger partial charge on any atom is -0.497 e. The molecule has 140 valence electrons. The third kappa shape index (κ3) is 4.83. The summed E-state index contributed by atoms with van der Waals surface area (Å²) in [6.07, 6.45) is 0.955. The van der Waals surface area contributed by atoms with Gasteiger partial charge in [-0.1, -0.05) is 12.1 Å². The number of hydrogen-bond acceptors (Lipinski definition) is 5. The summed E-state index contributed by atoms with van der Waals surface area (Å²) in [4.78, 5) is 16.5. The molecule has 2 aromatic carbocycles. The molecular formula is C20H19FN2O3S. The molecule has 0 fully saturated rings. The third-order valence-corrected chi connectivity index (χ3v) is 4.75. The predicted octanol–water partition coefficient (Wildman–Crippen LogP) is 4.54. The highest BCUT2D eigenvalue weighted by atomic mass is 32.1. The van der Waals surface area contributed by atoms with Crippen molar-refractivity contribution < 1.29 is 18.7 Å².